The molecule has 1 aliphatic rings. The Morgan fingerprint density at radius 3 is 2.71 bits per heavy atom. The van der Waals surface area contributed by atoms with Crippen LogP contribution >= 0.6 is 0 Å². The van der Waals surface area contributed by atoms with Crippen LogP contribution in [0, 0.1) is 0 Å². The Labute approximate surface area is 126 Å². The molecule has 3 N–H and O–H groups in total. The minimum Gasteiger partial charge on any atom is -0.493 e. The molecule has 0 bridgehead atoms. The molecule has 1 aromatic rings. The molecule has 5 nitrogen and oxygen atoms in total. The van der Waals surface area contributed by atoms with E-state index in [1.54, 1.807) is 0 Å². The van der Waals surface area contributed by atoms with Gasteiger partial charge in [-0.05, 0) is 44.5 Å². The molecule has 0 aromatic heterocycles. The summed E-state index contributed by atoms with van der Waals surface area (Å²) in [5.74, 6) is 0.418. The number of carbonyl (C=O) groups excluding carboxylic acids is 1. The highest BCUT2D eigenvalue weighted by Gasteiger charge is 2.23. The fourth-order valence-corrected chi connectivity index (χ4v) is 2.53. The molecule has 1 amide bonds. The number of rotatable bonds is 7. The number of ether oxygens (including phenoxy) is 1. The summed E-state index contributed by atoms with van der Waals surface area (Å²) in [6.07, 6.45) is 1.42. The second-order valence-corrected chi connectivity index (χ2v) is 5.81. The largest absolute Gasteiger partial charge is 0.493 e. The van der Waals surface area contributed by atoms with Crippen molar-refractivity contribution in [2.24, 2.45) is 5.73 Å². The molecule has 1 saturated heterocycles. The molecule has 1 heterocycles. The molecule has 1 unspecified atom stereocenters. The third-order valence-corrected chi connectivity index (χ3v) is 3.79. The monoisotopic (exact) mass is 291 g/mol. The second-order valence-electron chi connectivity index (χ2n) is 5.81. The van der Waals surface area contributed by atoms with Gasteiger partial charge in [0.15, 0.2) is 0 Å². The van der Waals surface area contributed by atoms with Gasteiger partial charge in [0.25, 0.3) is 0 Å². The fourth-order valence-electron chi connectivity index (χ4n) is 2.53. The highest BCUT2D eigenvalue weighted by Crippen LogP contribution is 2.20. The Morgan fingerprint density at radius 1 is 1.43 bits per heavy atom. The smallest absolute Gasteiger partial charge is 0.220 e. The Kier molecular flexibility index (Phi) is 5.44. The van der Waals surface area contributed by atoms with Crippen molar-refractivity contribution in [3.05, 3.63) is 24.3 Å². The van der Waals surface area contributed by atoms with Crippen LogP contribution < -0.4 is 15.8 Å². The number of nitrogens with two attached hydrogens (primary N) is 1. The van der Waals surface area contributed by atoms with Crippen LogP contribution in [0.25, 0.3) is 0 Å². The van der Waals surface area contributed by atoms with Gasteiger partial charge in [-0.2, -0.15) is 0 Å². The summed E-state index contributed by atoms with van der Waals surface area (Å²) in [4.78, 5) is 13.1. The number of likely N-dealkylation sites (tertiary alicyclic amines) is 1. The summed E-state index contributed by atoms with van der Waals surface area (Å²) < 4.78 is 5.45. The van der Waals surface area contributed by atoms with Crippen LogP contribution in [0.15, 0.2) is 24.3 Å². The first-order valence-electron chi connectivity index (χ1n) is 7.56. The lowest BCUT2D eigenvalue weighted by atomic mass is 10.2. The van der Waals surface area contributed by atoms with E-state index in [1.165, 1.54) is 6.42 Å². The van der Waals surface area contributed by atoms with Crippen molar-refractivity contribution in [1.29, 1.82) is 0 Å². The van der Waals surface area contributed by atoms with Gasteiger partial charge in [-0.25, -0.2) is 0 Å². The number of hydrogen-bond donors (Lipinski definition) is 2. The van der Waals surface area contributed by atoms with Crippen molar-refractivity contribution in [2.45, 2.75) is 38.8 Å². The lowest BCUT2D eigenvalue weighted by Gasteiger charge is -2.21. The molecule has 21 heavy (non-hydrogen) atoms. The number of anilines is 1. The minimum absolute atomic E-state index is 0.243. The maximum absolute atomic E-state index is 10.6. The number of benzene rings is 1. The van der Waals surface area contributed by atoms with E-state index in [0.29, 0.717) is 18.7 Å². The summed E-state index contributed by atoms with van der Waals surface area (Å²) in [5, 5.41) is 3.56. The van der Waals surface area contributed by atoms with Crippen LogP contribution in [0.1, 0.15) is 26.7 Å². The van der Waals surface area contributed by atoms with Gasteiger partial charge >= 0.3 is 0 Å². The number of amides is 1. The first-order valence-corrected chi connectivity index (χ1v) is 7.56. The topological polar surface area (TPSA) is 67.6 Å². The van der Waals surface area contributed by atoms with Gasteiger partial charge in [0.2, 0.25) is 5.91 Å². The molecule has 1 aromatic carbocycles. The van der Waals surface area contributed by atoms with Gasteiger partial charge in [0.1, 0.15) is 5.75 Å². The quantitative estimate of drug-likeness (QED) is 0.804. The molecule has 0 radical (unpaired) electrons. The van der Waals surface area contributed by atoms with Crippen molar-refractivity contribution in [3.8, 4) is 5.75 Å². The van der Waals surface area contributed by atoms with Gasteiger partial charge in [-0.1, -0.05) is 0 Å². The van der Waals surface area contributed by atoms with Crippen LogP contribution in [0.5, 0.6) is 5.75 Å². The predicted molar refractivity (Wildman–Crippen MR) is 84.5 cm³/mol. The molecule has 1 fully saturated rings. The molecule has 1 aliphatic heterocycles. The predicted octanol–water partition coefficient (Wildman–Crippen LogP) is 1.84. The van der Waals surface area contributed by atoms with E-state index in [9.17, 15) is 4.79 Å². The lowest BCUT2D eigenvalue weighted by Crippen LogP contribution is -2.31. The van der Waals surface area contributed by atoms with E-state index < -0.39 is 0 Å². The molecule has 0 aliphatic carbocycles. The van der Waals surface area contributed by atoms with E-state index >= 15 is 0 Å². The van der Waals surface area contributed by atoms with Crippen molar-refractivity contribution in [2.75, 3.05) is 25.0 Å². The molecular weight excluding hydrogens is 266 g/mol. The first kappa shape index (κ1) is 15.6. The van der Waals surface area contributed by atoms with Gasteiger partial charge in [-0.15, -0.1) is 0 Å². The molecular formula is C16H25N3O2. The number of primary amides is 1. The van der Waals surface area contributed by atoms with Gasteiger partial charge < -0.3 is 15.8 Å². The zero-order valence-electron chi connectivity index (χ0n) is 12.8. The Morgan fingerprint density at radius 2 is 2.14 bits per heavy atom. The Bertz CT molecular complexity index is 459. The summed E-state index contributed by atoms with van der Waals surface area (Å²) in [6.45, 7) is 7.05. The normalized spacial score (nSPS) is 18.9. The van der Waals surface area contributed by atoms with Crippen molar-refractivity contribution in [3.63, 3.8) is 0 Å². The second kappa shape index (κ2) is 7.31. The first-order chi connectivity index (χ1) is 10.0. The molecule has 116 valence electrons. The third kappa shape index (κ3) is 4.93. The van der Waals surface area contributed by atoms with Crippen LogP contribution in [0.4, 0.5) is 5.69 Å². The van der Waals surface area contributed by atoms with Crippen molar-refractivity contribution < 1.29 is 9.53 Å². The Balaban J connectivity index is 1.79. The maximum atomic E-state index is 10.6. The van der Waals surface area contributed by atoms with E-state index in [1.807, 2.05) is 24.3 Å². The highest BCUT2D eigenvalue weighted by molar-refractivity contribution is 5.73. The van der Waals surface area contributed by atoms with Gasteiger partial charge in [0, 0.05) is 30.9 Å². The van der Waals surface area contributed by atoms with Crippen molar-refractivity contribution >= 4 is 11.6 Å². The summed E-state index contributed by atoms with van der Waals surface area (Å²) >= 11 is 0. The maximum Gasteiger partial charge on any atom is 0.220 e. The summed E-state index contributed by atoms with van der Waals surface area (Å²) in [6, 6.07) is 8.97. The number of nitrogens with one attached hydrogen (secondary N) is 1. The lowest BCUT2D eigenvalue weighted by molar-refractivity contribution is -0.118. The third-order valence-electron chi connectivity index (χ3n) is 3.79. The molecule has 0 saturated carbocycles. The SMILES string of the molecule is CC(C)N1CCC(Nc2ccc(OCCC(N)=O)cc2)C1. The van der Waals surface area contributed by atoms with E-state index in [4.69, 9.17) is 10.5 Å². The number of hydrogen-bond acceptors (Lipinski definition) is 4. The van der Waals surface area contributed by atoms with Crippen LogP contribution in [-0.4, -0.2) is 42.6 Å². The average molecular weight is 291 g/mol. The minimum atomic E-state index is -0.343. The number of carbonyl (C=O) groups is 1. The molecule has 2 rings (SSSR count). The van der Waals surface area contributed by atoms with Crippen LogP contribution in [-0.2, 0) is 4.79 Å². The van der Waals surface area contributed by atoms with Crippen molar-refractivity contribution in [1.82, 2.24) is 4.90 Å². The average Bonchev–Trinajstić information content (AvgIpc) is 2.89. The fraction of sp³-hybridized carbons (Fsp3) is 0.562. The van der Waals surface area contributed by atoms with Gasteiger partial charge in [0.05, 0.1) is 13.0 Å². The highest BCUT2D eigenvalue weighted by atomic mass is 16.5. The molecule has 1 atom stereocenters. The molecule has 5 heteroatoms. The summed E-state index contributed by atoms with van der Waals surface area (Å²) in [5.41, 5.74) is 6.18. The zero-order valence-corrected chi connectivity index (χ0v) is 12.8. The zero-order chi connectivity index (χ0) is 15.2. The van der Waals surface area contributed by atoms with E-state index in [0.717, 1.165) is 24.5 Å². The van der Waals surface area contributed by atoms with Gasteiger partial charge in [-0.3, -0.25) is 9.69 Å². The van der Waals surface area contributed by atoms with Crippen LogP contribution in [0.3, 0.4) is 0 Å². The Hall–Kier alpha value is -1.75. The molecule has 0 spiro atoms. The van der Waals surface area contributed by atoms with E-state index in [2.05, 4.69) is 24.1 Å². The standard InChI is InChI=1S/C16H25N3O2/c1-12(2)19-9-7-14(11-19)18-13-3-5-15(6-4-13)21-10-8-16(17)20/h3-6,12,14,18H,7-11H2,1-2H3,(H2,17,20). The number of nitrogens with zero attached hydrogens (tertiary/aromatic N) is 1. The van der Waals surface area contributed by atoms with Crippen LogP contribution in [0.2, 0.25) is 0 Å². The van der Waals surface area contributed by atoms with E-state index in [-0.39, 0.29) is 12.3 Å². The summed E-state index contributed by atoms with van der Waals surface area (Å²) in [7, 11) is 0.